The molecule has 0 saturated heterocycles. The smallest absolute Gasteiger partial charge is 0.282 e. The minimum absolute atomic E-state index is 0.195. The van der Waals surface area contributed by atoms with Crippen molar-refractivity contribution in [1.82, 2.24) is 9.78 Å². The highest BCUT2D eigenvalue weighted by Crippen LogP contribution is 2.20. The Balaban J connectivity index is 2.78. The maximum atomic E-state index is 12.3. The van der Waals surface area contributed by atoms with Crippen molar-refractivity contribution in [2.75, 3.05) is 6.61 Å². The summed E-state index contributed by atoms with van der Waals surface area (Å²) in [5.74, 6) is 4.79. The van der Waals surface area contributed by atoms with Gasteiger partial charge in [0, 0.05) is 25.2 Å². The predicted octanol–water partition coefficient (Wildman–Crippen LogP) is 0.790. The van der Waals surface area contributed by atoms with Crippen LogP contribution < -0.4 is 5.90 Å². The molecular weight excluding hydrogens is 180 g/mol. The number of hydrogen-bond donors (Lipinski definition) is 1. The fourth-order valence-corrected chi connectivity index (χ4v) is 1.10. The van der Waals surface area contributed by atoms with Gasteiger partial charge >= 0.3 is 0 Å². The summed E-state index contributed by atoms with van der Waals surface area (Å²) < 4.78 is 26.0. The molecule has 4 nitrogen and oxygen atoms in total. The van der Waals surface area contributed by atoms with E-state index in [9.17, 15) is 8.78 Å². The zero-order valence-corrected chi connectivity index (χ0v) is 7.20. The molecule has 0 aliphatic rings. The van der Waals surface area contributed by atoms with Crippen molar-refractivity contribution in [1.29, 1.82) is 0 Å². The van der Waals surface area contributed by atoms with Crippen LogP contribution in [-0.2, 0) is 18.3 Å². The number of nitrogens with zero attached hydrogens (tertiary/aromatic N) is 2. The van der Waals surface area contributed by atoms with E-state index < -0.39 is 6.43 Å². The third-order valence-electron chi connectivity index (χ3n) is 1.63. The van der Waals surface area contributed by atoms with Crippen molar-refractivity contribution < 1.29 is 13.6 Å². The van der Waals surface area contributed by atoms with Crippen molar-refractivity contribution in [2.24, 2.45) is 12.9 Å². The predicted molar refractivity (Wildman–Crippen MR) is 42.0 cm³/mol. The number of halogens is 2. The summed E-state index contributed by atoms with van der Waals surface area (Å²) in [5, 5.41) is 3.63. The van der Waals surface area contributed by atoms with Crippen LogP contribution in [0, 0.1) is 0 Å². The SMILES string of the molecule is Cn1cc(CCON)c(C(F)F)n1. The molecule has 0 spiro atoms. The van der Waals surface area contributed by atoms with E-state index in [4.69, 9.17) is 5.90 Å². The monoisotopic (exact) mass is 191 g/mol. The Bertz CT molecular complexity index is 275. The van der Waals surface area contributed by atoms with Crippen LogP contribution in [-0.4, -0.2) is 16.4 Å². The summed E-state index contributed by atoms with van der Waals surface area (Å²) >= 11 is 0. The van der Waals surface area contributed by atoms with E-state index in [1.165, 1.54) is 4.68 Å². The molecule has 0 amide bonds. The van der Waals surface area contributed by atoms with Crippen molar-refractivity contribution >= 4 is 0 Å². The summed E-state index contributed by atoms with van der Waals surface area (Å²) in [6.07, 6.45) is -0.654. The number of nitrogens with two attached hydrogens (primary N) is 1. The van der Waals surface area contributed by atoms with Crippen molar-refractivity contribution in [3.8, 4) is 0 Å². The van der Waals surface area contributed by atoms with E-state index >= 15 is 0 Å². The van der Waals surface area contributed by atoms with Crippen LogP contribution in [0.15, 0.2) is 6.20 Å². The topological polar surface area (TPSA) is 53.1 Å². The van der Waals surface area contributed by atoms with Gasteiger partial charge in [-0.25, -0.2) is 14.7 Å². The summed E-state index contributed by atoms with van der Waals surface area (Å²) in [4.78, 5) is 4.31. The Hall–Kier alpha value is -1.01. The largest absolute Gasteiger partial charge is 0.304 e. The lowest BCUT2D eigenvalue weighted by Gasteiger charge is -1.98. The van der Waals surface area contributed by atoms with Gasteiger partial charge in [0.25, 0.3) is 6.43 Å². The number of aromatic nitrogens is 2. The second kappa shape index (κ2) is 4.29. The molecule has 0 aliphatic carbocycles. The number of alkyl halides is 2. The second-order valence-electron chi connectivity index (χ2n) is 2.63. The molecule has 0 atom stereocenters. The van der Waals surface area contributed by atoms with Gasteiger partial charge in [-0.1, -0.05) is 0 Å². The molecule has 0 fully saturated rings. The van der Waals surface area contributed by atoms with Crippen LogP contribution in [0.4, 0.5) is 8.78 Å². The van der Waals surface area contributed by atoms with Gasteiger partial charge in [-0.15, -0.1) is 0 Å². The highest BCUT2D eigenvalue weighted by molar-refractivity contribution is 5.18. The molecule has 6 heteroatoms. The van der Waals surface area contributed by atoms with Crippen LogP contribution in [0.2, 0.25) is 0 Å². The summed E-state index contributed by atoms with van der Waals surface area (Å²) in [5.41, 5.74) is 0.280. The van der Waals surface area contributed by atoms with E-state index in [0.29, 0.717) is 12.0 Å². The Labute approximate surface area is 74.2 Å². The highest BCUT2D eigenvalue weighted by atomic mass is 19.3. The Kier molecular flexibility index (Phi) is 3.32. The van der Waals surface area contributed by atoms with E-state index in [1.54, 1.807) is 13.2 Å². The molecule has 0 bridgehead atoms. The molecule has 0 unspecified atom stereocenters. The second-order valence-corrected chi connectivity index (χ2v) is 2.63. The van der Waals surface area contributed by atoms with Crippen LogP contribution >= 0.6 is 0 Å². The molecule has 1 rings (SSSR count). The zero-order chi connectivity index (χ0) is 9.84. The molecule has 1 heterocycles. The van der Waals surface area contributed by atoms with Crippen molar-refractivity contribution in [3.63, 3.8) is 0 Å². The quantitative estimate of drug-likeness (QED) is 0.716. The summed E-state index contributed by atoms with van der Waals surface area (Å²) in [7, 11) is 1.60. The molecule has 1 aromatic rings. The van der Waals surface area contributed by atoms with Crippen LogP contribution in [0.1, 0.15) is 17.7 Å². The van der Waals surface area contributed by atoms with Crippen molar-refractivity contribution in [3.05, 3.63) is 17.5 Å². The third kappa shape index (κ3) is 2.46. The first-order valence-corrected chi connectivity index (χ1v) is 3.77. The van der Waals surface area contributed by atoms with Gasteiger partial charge in [0.15, 0.2) is 0 Å². The van der Waals surface area contributed by atoms with Gasteiger partial charge in [0.05, 0.1) is 6.61 Å². The Morgan fingerprint density at radius 3 is 2.92 bits per heavy atom. The van der Waals surface area contributed by atoms with Gasteiger partial charge in [0.1, 0.15) is 5.69 Å². The molecule has 2 N–H and O–H groups in total. The van der Waals surface area contributed by atoms with Crippen LogP contribution in [0.3, 0.4) is 0 Å². The van der Waals surface area contributed by atoms with Gasteiger partial charge in [-0.2, -0.15) is 5.10 Å². The molecule has 13 heavy (non-hydrogen) atoms. The van der Waals surface area contributed by atoms with Gasteiger partial charge in [-0.05, 0) is 0 Å². The van der Waals surface area contributed by atoms with E-state index in [1.807, 2.05) is 0 Å². The van der Waals surface area contributed by atoms with Gasteiger partial charge in [0.2, 0.25) is 0 Å². The first-order valence-electron chi connectivity index (χ1n) is 3.77. The molecule has 0 aliphatic heterocycles. The first-order chi connectivity index (χ1) is 6.15. The lowest BCUT2D eigenvalue weighted by Crippen LogP contribution is -2.04. The van der Waals surface area contributed by atoms with Gasteiger partial charge in [-0.3, -0.25) is 4.68 Å². The minimum Gasteiger partial charge on any atom is -0.304 e. The van der Waals surface area contributed by atoms with Crippen LogP contribution in [0.5, 0.6) is 0 Å². The molecule has 0 aromatic carbocycles. The van der Waals surface area contributed by atoms with E-state index in [-0.39, 0.29) is 12.3 Å². The average Bonchev–Trinajstić information content (AvgIpc) is 2.43. The Morgan fingerprint density at radius 2 is 2.38 bits per heavy atom. The maximum absolute atomic E-state index is 12.3. The van der Waals surface area contributed by atoms with Crippen molar-refractivity contribution in [2.45, 2.75) is 12.8 Å². The molecule has 1 aromatic heterocycles. The minimum atomic E-state index is -2.55. The number of aryl methyl sites for hydroxylation is 1. The number of rotatable bonds is 4. The first kappa shape index (κ1) is 10.1. The fraction of sp³-hybridized carbons (Fsp3) is 0.571. The maximum Gasteiger partial charge on any atom is 0.282 e. The lowest BCUT2D eigenvalue weighted by atomic mass is 10.2. The zero-order valence-electron chi connectivity index (χ0n) is 7.20. The normalized spacial score (nSPS) is 11.2. The molecule has 74 valence electrons. The average molecular weight is 191 g/mol. The van der Waals surface area contributed by atoms with E-state index in [2.05, 4.69) is 9.94 Å². The third-order valence-corrected chi connectivity index (χ3v) is 1.63. The lowest BCUT2D eigenvalue weighted by molar-refractivity contribution is 0.133. The standard InChI is InChI=1S/C7H11F2N3O/c1-12-4-5(2-3-13-10)6(11-12)7(8)9/h4,7H,2-3,10H2,1H3. The molecule has 0 saturated carbocycles. The number of hydrogen-bond acceptors (Lipinski definition) is 3. The summed E-state index contributed by atoms with van der Waals surface area (Å²) in [6, 6.07) is 0. The van der Waals surface area contributed by atoms with Crippen LogP contribution in [0.25, 0.3) is 0 Å². The molecular formula is C7H11F2N3O. The summed E-state index contributed by atoms with van der Waals surface area (Å²) in [6.45, 7) is 0.214. The highest BCUT2D eigenvalue weighted by Gasteiger charge is 2.16. The van der Waals surface area contributed by atoms with E-state index in [0.717, 1.165) is 0 Å². The Morgan fingerprint density at radius 1 is 1.69 bits per heavy atom. The molecule has 0 radical (unpaired) electrons. The van der Waals surface area contributed by atoms with Gasteiger partial charge < -0.3 is 4.84 Å². The fourth-order valence-electron chi connectivity index (χ4n) is 1.10.